The Morgan fingerprint density at radius 3 is 2.31 bits per heavy atom. The molecule has 3 rings (SSSR count). The number of sulfonamides is 1. The van der Waals surface area contributed by atoms with E-state index in [4.69, 9.17) is 4.52 Å². The third-order valence-corrected chi connectivity index (χ3v) is 7.34. The van der Waals surface area contributed by atoms with Crippen molar-refractivity contribution >= 4 is 31.2 Å². The van der Waals surface area contributed by atoms with Crippen LogP contribution < -0.4 is 0 Å². The number of thiophene rings is 1. The summed E-state index contributed by atoms with van der Waals surface area (Å²) in [5.74, 6) is 0.561. The van der Waals surface area contributed by atoms with Gasteiger partial charge in [0.2, 0.25) is 21.7 Å². The number of aromatic nitrogens is 2. The van der Waals surface area contributed by atoms with Crippen molar-refractivity contribution in [2.75, 3.05) is 13.3 Å². The second-order valence-electron chi connectivity index (χ2n) is 5.49. The maximum absolute atomic E-state index is 12.6. The topological polar surface area (TPSA) is 110 Å². The van der Waals surface area contributed by atoms with E-state index in [2.05, 4.69) is 10.1 Å². The Labute approximate surface area is 155 Å². The van der Waals surface area contributed by atoms with Gasteiger partial charge in [0.1, 0.15) is 0 Å². The Balaban J connectivity index is 1.79. The third-order valence-electron chi connectivity index (χ3n) is 3.53. The highest BCUT2D eigenvalue weighted by molar-refractivity contribution is 7.90. The minimum absolute atomic E-state index is 0.0228. The van der Waals surface area contributed by atoms with E-state index in [1.807, 2.05) is 17.5 Å². The highest BCUT2D eigenvalue weighted by Gasteiger charge is 2.24. The van der Waals surface area contributed by atoms with Gasteiger partial charge in [-0.15, -0.1) is 11.3 Å². The lowest BCUT2D eigenvalue weighted by atomic mass is 10.4. The minimum atomic E-state index is -3.83. The van der Waals surface area contributed by atoms with E-state index < -0.39 is 19.9 Å². The van der Waals surface area contributed by atoms with Gasteiger partial charge in [0.25, 0.3) is 0 Å². The maximum atomic E-state index is 12.6. The molecule has 8 nitrogen and oxygen atoms in total. The molecule has 0 radical (unpaired) electrons. The normalized spacial score (nSPS) is 12.6. The molecule has 0 N–H and O–H groups in total. The lowest BCUT2D eigenvalue weighted by molar-refractivity contribution is 0.337. The van der Waals surface area contributed by atoms with E-state index in [9.17, 15) is 16.8 Å². The average molecular weight is 414 g/mol. The van der Waals surface area contributed by atoms with Crippen LogP contribution in [0.1, 0.15) is 5.89 Å². The fourth-order valence-electron chi connectivity index (χ4n) is 2.14. The molecule has 0 amide bonds. The summed E-state index contributed by atoms with van der Waals surface area (Å²) >= 11 is 1.45. The monoisotopic (exact) mass is 413 g/mol. The van der Waals surface area contributed by atoms with Crippen molar-refractivity contribution < 1.29 is 21.4 Å². The zero-order valence-corrected chi connectivity index (χ0v) is 16.3. The summed E-state index contributed by atoms with van der Waals surface area (Å²) in [5.41, 5.74) is 0. The summed E-state index contributed by atoms with van der Waals surface area (Å²) in [6, 6.07) is 8.73. The SMILES string of the molecule is CN(Cc1nc(-c2cccs2)no1)S(=O)(=O)c1ccc(S(C)(=O)=O)cc1. The molecular formula is C15H15N3O5S3. The molecule has 11 heteroatoms. The molecule has 0 aliphatic rings. The Morgan fingerprint density at radius 1 is 1.08 bits per heavy atom. The van der Waals surface area contributed by atoms with Crippen molar-refractivity contribution in [1.29, 1.82) is 0 Å². The zero-order chi connectivity index (χ0) is 18.9. The van der Waals surface area contributed by atoms with Gasteiger partial charge in [-0.25, -0.2) is 16.8 Å². The molecule has 138 valence electrons. The number of benzene rings is 1. The molecule has 0 atom stereocenters. The van der Waals surface area contributed by atoms with Crippen LogP contribution in [-0.2, 0) is 26.4 Å². The Morgan fingerprint density at radius 2 is 1.73 bits per heavy atom. The number of sulfone groups is 1. The Kier molecular flexibility index (Phi) is 4.97. The Hall–Kier alpha value is -2.08. The lowest BCUT2D eigenvalue weighted by Gasteiger charge is -2.15. The highest BCUT2D eigenvalue weighted by atomic mass is 32.2. The predicted molar refractivity (Wildman–Crippen MR) is 95.8 cm³/mol. The Bertz CT molecular complexity index is 1100. The molecular weight excluding hydrogens is 398 g/mol. The molecule has 0 aliphatic carbocycles. The van der Waals surface area contributed by atoms with Crippen LogP contribution in [0.4, 0.5) is 0 Å². The third kappa shape index (κ3) is 3.85. The van der Waals surface area contributed by atoms with Gasteiger partial charge in [0, 0.05) is 13.3 Å². The van der Waals surface area contributed by atoms with E-state index in [1.54, 1.807) is 0 Å². The first-order valence-electron chi connectivity index (χ1n) is 7.31. The molecule has 1 aromatic carbocycles. The quantitative estimate of drug-likeness (QED) is 0.608. The van der Waals surface area contributed by atoms with Crippen molar-refractivity contribution in [3.63, 3.8) is 0 Å². The van der Waals surface area contributed by atoms with Crippen LogP contribution >= 0.6 is 11.3 Å². The van der Waals surface area contributed by atoms with E-state index in [0.717, 1.165) is 15.4 Å². The molecule has 0 bridgehead atoms. The number of rotatable bonds is 6. The van der Waals surface area contributed by atoms with Gasteiger partial charge < -0.3 is 4.52 Å². The summed E-state index contributed by atoms with van der Waals surface area (Å²) in [6.07, 6.45) is 1.06. The van der Waals surface area contributed by atoms with Crippen LogP contribution in [0, 0.1) is 0 Å². The van der Waals surface area contributed by atoms with Crippen LogP contribution in [-0.4, -0.2) is 44.6 Å². The first-order chi connectivity index (χ1) is 12.2. The molecule has 2 aromatic heterocycles. The fourth-order valence-corrected chi connectivity index (χ4v) is 4.54. The number of nitrogens with zero attached hydrogens (tertiary/aromatic N) is 3. The molecule has 0 saturated carbocycles. The molecule has 0 unspecified atom stereocenters. The van der Waals surface area contributed by atoms with Gasteiger partial charge in [-0.1, -0.05) is 11.2 Å². The summed E-state index contributed by atoms with van der Waals surface area (Å²) < 4.78 is 54.4. The second-order valence-corrected chi connectivity index (χ2v) is 10.5. The van der Waals surface area contributed by atoms with Crippen molar-refractivity contribution in [3.05, 3.63) is 47.7 Å². The number of hydrogen-bond acceptors (Lipinski definition) is 8. The van der Waals surface area contributed by atoms with E-state index in [0.29, 0.717) is 5.82 Å². The van der Waals surface area contributed by atoms with Gasteiger partial charge in [0.15, 0.2) is 9.84 Å². The summed E-state index contributed by atoms with van der Waals surface area (Å²) in [6.45, 7) is -0.103. The molecule has 0 fully saturated rings. The summed E-state index contributed by atoms with van der Waals surface area (Å²) in [5, 5.41) is 5.72. The first-order valence-corrected chi connectivity index (χ1v) is 11.5. The van der Waals surface area contributed by atoms with Gasteiger partial charge in [-0.3, -0.25) is 0 Å². The van der Waals surface area contributed by atoms with Gasteiger partial charge >= 0.3 is 0 Å². The molecule has 0 spiro atoms. The van der Waals surface area contributed by atoms with Crippen LogP contribution in [0.15, 0.2) is 56.1 Å². The minimum Gasteiger partial charge on any atom is -0.337 e. The van der Waals surface area contributed by atoms with E-state index in [-0.39, 0.29) is 22.2 Å². The van der Waals surface area contributed by atoms with E-state index in [1.165, 1.54) is 42.6 Å². The van der Waals surface area contributed by atoms with Crippen LogP contribution in [0.2, 0.25) is 0 Å². The highest BCUT2D eigenvalue weighted by Crippen LogP contribution is 2.23. The first kappa shape index (κ1) is 18.7. The largest absolute Gasteiger partial charge is 0.337 e. The van der Waals surface area contributed by atoms with Gasteiger partial charge in [-0.2, -0.15) is 9.29 Å². The van der Waals surface area contributed by atoms with Crippen molar-refractivity contribution in [3.8, 4) is 10.7 Å². The van der Waals surface area contributed by atoms with Gasteiger partial charge in [-0.05, 0) is 35.7 Å². The summed E-state index contributed by atoms with van der Waals surface area (Å²) in [4.78, 5) is 5.04. The predicted octanol–water partition coefficient (Wildman–Crippen LogP) is 2.02. The van der Waals surface area contributed by atoms with Crippen LogP contribution in [0.5, 0.6) is 0 Å². The van der Waals surface area contributed by atoms with Crippen molar-refractivity contribution in [2.45, 2.75) is 16.3 Å². The van der Waals surface area contributed by atoms with Gasteiger partial charge in [0.05, 0.1) is 21.2 Å². The van der Waals surface area contributed by atoms with Crippen LogP contribution in [0.3, 0.4) is 0 Å². The standard InChI is InChI=1S/C15H15N3O5S3/c1-18(10-14-16-15(17-23-14)13-4-3-9-24-13)26(21,22)12-7-5-11(6-8-12)25(2,19)20/h3-9H,10H2,1-2H3. The smallest absolute Gasteiger partial charge is 0.243 e. The van der Waals surface area contributed by atoms with Crippen LogP contribution in [0.25, 0.3) is 10.7 Å². The van der Waals surface area contributed by atoms with Crippen molar-refractivity contribution in [2.24, 2.45) is 0 Å². The van der Waals surface area contributed by atoms with E-state index >= 15 is 0 Å². The summed E-state index contributed by atoms with van der Waals surface area (Å²) in [7, 11) is -5.84. The second kappa shape index (κ2) is 6.91. The fraction of sp³-hybridized carbons (Fsp3) is 0.200. The van der Waals surface area contributed by atoms with Crippen molar-refractivity contribution in [1.82, 2.24) is 14.4 Å². The molecule has 26 heavy (non-hydrogen) atoms. The zero-order valence-electron chi connectivity index (χ0n) is 13.9. The lowest BCUT2D eigenvalue weighted by Crippen LogP contribution is -2.26. The average Bonchev–Trinajstić information content (AvgIpc) is 3.25. The molecule has 2 heterocycles. The molecule has 0 aliphatic heterocycles. The number of hydrogen-bond donors (Lipinski definition) is 0. The molecule has 0 saturated heterocycles. The maximum Gasteiger partial charge on any atom is 0.243 e. The molecule has 3 aromatic rings.